The molecule has 1 fully saturated rings. The number of amides is 1. The molecule has 3 aliphatic rings. The highest BCUT2D eigenvalue weighted by Gasteiger charge is 2.32. The number of hydrogen-bond acceptors (Lipinski definition) is 6. The lowest BCUT2D eigenvalue weighted by Crippen LogP contribution is -2.35. The number of para-hydroxylation sites is 2. The van der Waals surface area contributed by atoms with Gasteiger partial charge >= 0.3 is 0 Å². The predicted octanol–water partition coefficient (Wildman–Crippen LogP) is 4.24. The number of aliphatic hydroxyl groups is 1. The summed E-state index contributed by atoms with van der Waals surface area (Å²) in [6, 6.07) is 11.8. The summed E-state index contributed by atoms with van der Waals surface area (Å²) in [5.74, 6) is 1.57. The third-order valence-electron chi connectivity index (χ3n) is 7.02. The maximum Gasteiger partial charge on any atom is 0.256 e. The number of nitrogens with zero attached hydrogens (tertiary/aromatic N) is 4. The van der Waals surface area contributed by atoms with Crippen molar-refractivity contribution in [2.24, 2.45) is 10.7 Å². The second-order valence-electron chi connectivity index (χ2n) is 9.22. The molecule has 0 bridgehead atoms. The Balaban J connectivity index is 0.00000137. The Labute approximate surface area is 216 Å². The number of ether oxygens (including phenoxy) is 1. The van der Waals surface area contributed by atoms with Crippen molar-refractivity contribution in [2.75, 3.05) is 20.2 Å². The summed E-state index contributed by atoms with van der Waals surface area (Å²) in [4.78, 5) is 24.4. The topological polar surface area (TPSA) is 106 Å². The lowest BCUT2D eigenvalue weighted by molar-refractivity contribution is 0.0774. The number of imidazole rings is 1. The van der Waals surface area contributed by atoms with Gasteiger partial charge in [0.05, 0.1) is 41.5 Å². The Morgan fingerprint density at radius 1 is 1.22 bits per heavy atom. The van der Waals surface area contributed by atoms with Crippen LogP contribution in [0.1, 0.15) is 47.4 Å². The molecular weight excluding hydrogens is 466 g/mol. The van der Waals surface area contributed by atoms with Gasteiger partial charge in [0.15, 0.2) is 0 Å². The number of allylic oxidation sites excluding steroid dienone is 4. The van der Waals surface area contributed by atoms with Gasteiger partial charge in [-0.2, -0.15) is 0 Å². The van der Waals surface area contributed by atoms with Gasteiger partial charge in [-0.25, -0.2) is 4.98 Å². The van der Waals surface area contributed by atoms with E-state index in [0.717, 1.165) is 55.6 Å². The second-order valence-corrected chi connectivity index (χ2v) is 9.22. The number of aryl methyl sites for hydroxylation is 1. The third kappa shape index (κ3) is 4.82. The molecule has 0 unspecified atom stereocenters. The van der Waals surface area contributed by atoms with Gasteiger partial charge in [0.2, 0.25) is 0 Å². The molecule has 3 aromatic rings. The lowest BCUT2D eigenvalue weighted by Gasteiger charge is -2.20. The van der Waals surface area contributed by atoms with Gasteiger partial charge < -0.3 is 25.0 Å². The van der Waals surface area contributed by atoms with Crippen molar-refractivity contribution in [1.29, 1.82) is 0 Å². The molecule has 1 aromatic heterocycles. The van der Waals surface area contributed by atoms with E-state index in [9.17, 15) is 9.90 Å². The average Bonchev–Trinajstić information content (AvgIpc) is 3.69. The van der Waals surface area contributed by atoms with Crippen molar-refractivity contribution in [3.63, 3.8) is 0 Å². The molecule has 8 heteroatoms. The van der Waals surface area contributed by atoms with Crippen LogP contribution >= 0.6 is 0 Å². The van der Waals surface area contributed by atoms with E-state index in [1.807, 2.05) is 29.3 Å². The Hall–Kier alpha value is -3.75. The van der Waals surface area contributed by atoms with E-state index in [-0.39, 0.29) is 18.6 Å². The Morgan fingerprint density at radius 3 is 2.89 bits per heavy atom. The zero-order valence-electron chi connectivity index (χ0n) is 21.1. The summed E-state index contributed by atoms with van der Waals surface area (Å²) in [5.41, 5.74) is 9.59. The van der Waals surface area contributed by atoms with Crippen LogP contribution in [0.5, 0.6) is 5.75 Å². The molecular formula is C29H33N5O3. The minimum atomic E-state index is -0.194. The van der Waals surface area contributed by atoms with Crippen molar-refractivity contribution < 1.29 is 14.6 Å². The van der Waals surface area contributed by atoms with Crippen molar-refractivity contribution in [3.8, 4) is 5.75 Å². The molecule has 192 valence electrons. The number of carbonyl (C=O) groups is 1. The summed E-state index contributed by atoms with van der Waals surface area (Å²) in [6.07, 6.45) is 11.8. The van der Waals surface area contributed by atoms with Gasteiger partial charge in [-0.15, -0.1) is 0 Å². The number of carbonyl (C=O) groups excluding carboxylic acids is 1. The Morgan fingerprint density at radius 2 is 2.08 bits per heavy atom. The maximum atomic E-state index is 13.0. The molecule has 37 heavy (non-hydrogen) atoms. The lowest BCUT2D eigenvalue weighted by atomic mass is 10.1. The number of fused-ring (bicyclic) bond motifs is 3. The number of hydrogen-bond donors (Lipinski definition) is 2. The molecule has 2 aromatic carbocycles. The number of aromatic nitrogens is 2. The predicted molar refractivity (Wildman–Crippen MR) is 146 cm³/mol. The van der Waals surface area contributed by atoms with Crippen LogP contribution in [0.25, 0.3) is 16.6 Å². The van der Waals surface area contributed by atoms with Gasteiger partial charge in [-0.1, -0.05) is 30.4 Å². The molecule has 3 N–H and O–H groups in total. The van der Waals surface area contributed by atoms with E-state index in [2.05, 4.69) is 39.6 Å². The molecule has 1 aliphatic carbocycles. The summed E-state index contributed by atoms with van der Waals surface area (Å²) in [6.45, 7) is 1.79. The third-order valence-corrected chi connectivity index (χ3v) is 7.02. The molecule has 2 aliphatic heterocycles. The highest BCUT2D eigenvalue weighted by atomic mass is 16.5. The molecule has 6 rings (SSSR count). The fraction of sp³-hybridized carbons (Fsp3) is 0.345. The van der Waals surface area contributed by atoms with E-state index in [1.54, 1.807) is 12.1 Å². The Kier molecular flexibility index (Phi) is 7.48. The maximum absolute atomic E-state index is 13.0. The minimum Gasteiger partial charge on any atom is -0.493 e. The van der Waals surface area contributed by atoms with Crippen LogP contribution in [0.3, 0.4) is 0 Å². The molecule has 1 amide bonds. The normalized spacial score (nSPS) is 17.8. The van der Waals surface area contributed by atoms with Crippen molar-refractivity contribution >= 4 is 34.4 Å². The zero-order valence-corrected chi connectivity index (χ0v) is 21.1. The van der Waals surface area contributed by atoms with E-state index < -0.39 is 0 Å². The van der Waals surface area contributed by atoms with Crippen LogP contribution in [-0.2, 0) is 13.2 Å². The summed E-state index contributed by atoms with van der Waals surface area (Å²) in [5, 5.41) is 9.98. The first kappa shape index (κ1) is 24.9. The van der Waals surface area contributed by atoms with E-state index in [1.165, 1.54) is 12.6 Å². The second kappa shape index (κ2) is 11.1. The smallest absolute Gasteiger partial charge is 0.256 e. The molecule has 0 spiro atoms. The fourth-order valence-electron chi connectivity index (χ4n) is 5.24. The van der Waals surface area contributed by atoms with Crippen LogP contribution in [-0.4, -0.2) is 57.9 Å². The molecule has 3 heterocycles. The fourth-order valence-corrected chi connectivity index (χ4v) is 5.24. The van der Waals surface area contributed by atoms with Gasteiger partial charge in [0.25, 0.3) is 5.91 Å². The average molecular weight is 500 g/mol. The SMILES string of the molecule is CN.O=C1c2cc(CO)c(OCCCn3c(C4=CC=CC4)nc4ccccc43)cc2N=C[C@@H]2CCCN12. The van der Waals surface area contributed by atoms with Crippen LogP contribution in [0.2, 0.25) is 0 Å². The van der Waals surface area contributed by atoms with Gasteiger partial charge in [0, 0.05) is 30.9 Å². The molecule has 1 atom stereocenters. The number of nitrogens with two attached hydrogens (primary N) is 1. The summed E-state index contributed by atoms with van der Waals surface area (Å²) in [7, 11) is 1.50. The van der Waals surface area contributed by atoms with Gasteiger partial charge in [-0.05, 0) is 56.5 Å². The first-order valence-electron chi connectivity index (χ1n) is 12.9. The number of aliphatic imine (C=N–C) groups is 1. The van der Waals surface area contributed by atoms with Crippen molar-refractivity contribution in [1.82, 2.24) is 14.5 Å². The molecule has 0 radical (unpaired) electrons. The molecule has 1 saturated heterocycles. The zero-order chi connectivity index (χ0) is 25.8. The monoisotopic (exact) mass is 499 g/mol. The minimum absolute atomic E-state index is 0.0172. The highest BCUT2D eigenvalue weighted by Crippen LogP contribution is 2.34. The van der Waals surface area contributed by atoms with E-state index in [4.69, 9.17) is 9.72 Å². The van der Waals surface area contributed by atoms with Crippen LogP contribution in [0.15, 0.2) is 59.6 Å². The van der Waals surface area contributed by atoms with Crippen LogP contribution < -0.4 is 10.5 Å². The van der Waals surface area contributed by atoms with Crippen LogP contribution in [0.4, 0.5) is 5.69 Å². The quantitative estimate of drug-likeness (QED) is 0.473. The highest BCUT2D eigenvalue weighted by molar-refractivity contribution is 6.03. The molecule has 0 saturated carbocycles. The van der Waals surface area contributed by atoms with E-state index in [0.29, 0.717) is 29.2 Å². The number of rotatable bonds is 7. The summed E-state index contributed by atoms with van der Waals surface area (Å²) < 4.78 is 8.38. The number of benzene rings is 2. The van der Waals surface area contributed by atoms with Gasteiger partial charge in [-0.3, -0.25) is 9.79 Å². The van der Waals surface area contributed by atoms with Gasteiger partial charge in [0.1, 0.15) is 11.6 Å². The van der Waals surface area contributed by atoms with Crippen molar-refractivity contribution in [2.45, 2.75) is 44.9 Å². The Bertz CT molecular complexity index is 1390. The first-order valence-corrected chi connectivity index (χ1v) is 12.9. The largest absolute Gasteiger partial charge is 0.493 e. The van der Waals surface area contributed by atoms with E-state index >= 15 is 0 Å². The van der Waals surface area contributed by atoms with Crippen LogP contribution in [0, 0.1) is 0 Å². The standard InChI is InChI=1S/C28H28N4O3.CH5N/c33-18-20-15-22-24(29-17-21-9-5-12-31(21)28(22)34)16-26(20)35-14-6-13-32-25-11-4-3-10-23(25)30-27(32)19-7-1-2-8-19;1-2/h1-4,7,10-11,15-17,21,33H,5-6,8-9,12-14,18H2;2H2,1H3/t21-;/m0./s1. The number of aliphatic hydroxyl groups excluding tert-OH is 1. The first-order chi connectivity index (χ1) is 18.2. The summed E-state index contributed by atoms with van der Waals surface area (Å²) >= 11 is 0. The van der Waals surface area contributed by atoms with Crippen molar-refractivity contribution in [3.05, 3.63) is 71.6 Å². The molecule has 8 nitrogen and oxygen atoms in total.